The van der Waals surface area contributed by atoms with Crippen molar-refractivity contribution < 1.29 is 66.9 Å². The van der Waals surface area contributed by atoms with Gasteiger partial charge in [0.15, 0.2) is 24.8 Å². The van der Waals surface area contributed by atoms with Crippen LogP contribution in [0.25, 0.3) is 89.0 Å². The van der Waals surface area contributed by atoms with Gasteiger partial charge in [0, 0.05) is 34.3 Å². The number of hydrogen-bond donors (Lipinski definition) is 0. The predicted octanol–water partition coefficient (Wildman–Crippen LogP) is 6.09. The topological polar surface area (TPSA) is 192 Å². The van der Waals surface area contributed by atoms with E-state index in [9.17, 15) is 0 Å². The van der Waals surface area contributed by atoms with E-state index in [-0.39, 0.29) is 0 Å². The fourth-order valence-corrected chi connectivity index (χ4v) is 8.93. The van der Waals surface area contributed by atoms with E-state index >= 15 is 0 Å². The first kappa shape index (κ1) is 53.2. The molecule has 10 rings (SSSR count). The van der Waals surface area contributed by atoms with E-state index in [1.807, 2.05) is 24.3 Å². The molecule has 0 atom stereocenters. The molecule has 0 unspecified atom stereocenters. The molecule has 0 bridgehead atoms. The maximum absolute atomic E-state index is 8.49. The minimum absolute atomic E-state index is 0.728. The summed E-state index contributed by atoms with van der Waals surface area (Å²) in [6, 6.07) is 77.4. The maximum Gasteiger partial charge on any atom is 0.206 e. The van der Waals surface area contributed by atoms with Crippen LogP contribution in [0.1, 0.15) is 0 Å². The van der Waals surface area contributed by atoms with Crippen molar-refractivity contribution in [3.05, 3.63) is 253 Å². The van der Waals surface area contributed by atoms with Crippen molar-refractivity contribution in [1.29, 1.82) is 0 Å². The van der Waals surface area contributed by atoms with Crippen LogP contribution in [0.15, 0.2) is 243 Å². The zero-order chi connectivity index (χ0) is 52.2. The van der Waals surface area contributed by atoms with Crippen LogP contribution in [0.5, 0.6) is 0 Å². The van der Waals surface area contributed by atoms with E-state index in [4.69, 9.17) is 60.5 Å². The predicted molar refractivity (Wildman–Crippen MR) is 267 cm³/mol. The molecule has 0 saturated heterocycles. The Hall–Kier alpha value is -7.10. The van der Waals surface area contributed by atoms with E-state index in [1.165, 1.54) is 66.8 Å². The number of benzene rings is 8. The number of rotatable bonds is 11. The second-order valence-corrected chi connectivity index (χ2v) is 19.2. The second-order valence-electron chi connectivity index (χ2n) is 16.8. The minimum atomic E-state index is -4.94. The fourth-order valence-electron chi connectivity index (χ4n) is 8.68. The molecule has 370 valence electrons. The van der Waals surface area contributed by atoms with E-state index in [0.717, 1.165) is 45.4 Å². The number of hydrogen-bond acceptors (Lipinski definition) is 8. The van der Waals surface area contributed by atoms with Crippen LogP contribution in [-0.2, 0) is 13.1 Å². The van der Waals surface area contributed by atoms with Gasteiger partial charge in [0.2, 0.25) is 13.1 Å². The molecule has 0 saturated carbocycles. The molecule has 8 aromatic carbocycles. The van der Waals surface area contributed by atoms with Gasteiger partial charge in [-0.1, -0.05) is 169 Å². The lowest BCUT2D eigenvalue weighted by atomic mass is 9.85. The quantitative estimate of drug-likeness (QED) is 0.139. The Morgan fingerprint density at radius 1 is 0.270 bits per heavy atom. The van der Waals surface area contributed by atoms with Gasteiger partial charge in [0.05, 0.1) is 0 Å². The standard InChI is InChI=1S/C60H44Cl2N2.2ClHO4/c61-53-25-21-43(22-26-53)51-39-55(45-13-5-1-6-14-45)59(56(40-51)46-15-7-2-8-16-46)49-29-33-63(34-30-49)37-38-64-35-31-50(32-36-64)60-57(47-17-9-3-10-18-47)41-52(44-23-27-54(62)28-24-44)42-58(60)48-19-11-4-12-20-48;2*2-1(3,4)5/h1-36,39-42H,37-38H2;2*(H,2,3,4,5)/q+2;;/p-2. The van der Waals surface area contributed by atoms with Crippen molar-refractivity contribution in [3.63, 3.8) is 0 Å². The lowest BCUT2D eigenvalue weighted by Gasteiger charge is -2.19. The summed E-state index contributed by atoms with van der Waals surface area (Å²) in [7, 11) is -9.89. The molecular formula is C60H44Cl4N2O8. The summed E-state index contributed by atoms with van der Waals surface area (Å²) in [5.74, 6) is 0. The summed E-state index contributed by atoms with van der Waals surface area (Å²) >= 11 is 12.6. The molecule has 0 radical (unpaired) electrons. The highest BCUT2D eigenvalue weighted by atomic mass is 35.7. The normalized spacial score (nSPS) is 11.2. The van der Waals surface area contributed by atoms with Gasteiger partial charge >= 0.3 is 0 Å². The van der Waals surface area contributed by atoms with Crippen LogP contribution < -0.4 is 46.4 Å². The number of pyridine rings is 2. The largest absolute Gasteiger partial charge is 0.222 e. The first-order valence-corrected chi connectivity index (χ1v) is 26.1. The Morgan fingerprint density at radius 3 is 0.730 bits per heavy atom. The van der Waals surface area contributed by atoms with E-state index < -0.39 is 20.5 Å². The Labute approximate surface area is 442 Å². The monoisotopic (exact) mass is 1060 g/mol. The van der Waals surface area contributed by atoms with Gasteiger partial charge in [-0.05, 0) is 138 Å². The lowest BCUT2D eigenvalue weighted by Crippen LogP contribution is -2.68. The fraction of sp³-hybridized carbons (Fsp3) is 0.0333. The van der Waals surface area contributed by atoms with Crippen LogP contribution in [0.3, 0.4) is 0 Å². The van der Waals surface area contributed by atoms with Crippen LogP contribution in [0, 0.1) is 20.5 Å². The third-order valence-electron chi connectivity index (χ3n) is 11.9. The molecule has 0 spiro atoms. The average molecular weight is 1060 g/mol. The Bertz CT molecular complexity index is 3040. The van der Waals surface area contributed by atoms with E-state index in [2.05, 4.69) is 228 Å². The van der Waals surface area contributed by atoms with Crippen molar-refractivity contribution in [2.45, 2.75) is 13.1 Å². The maximum atomic E-state index is 8.49. The molecule has 0 aliphatic carbocycles. The highest BCUT2D eigenvalue weighted by Crippen LogP contribution is 2.45. The molecule has 2 heterocycles. The summed E-state index contributed by atoms with van der Waals surface area (Å²) in [4.78, 5) is 0. The van der Waals surface area contributed by atoms with Crippen LogP contribution in [0.2, 0.25) is 10.0 Å². The van der Waals surface area contributed by atoms with Gasteiger partial charge in [-0.2, -0.15) is 9.13 Å². The zero-order valence-corrected chi connectivity index (χ0v) is 42.2. The molecular weight excluding hydrogens is 1020 g/mol. The lowest BCUT2D eigenvalue weighted by molar-refractivity contribution is -2.00. The Morgan fingerprint density at radius 2 is 0.500 bits per heavy atom. The van der Waals surface area contributed by atoms with E-state index in [0.29, 0.717) is 0 Å². The molecule has 0 fully saturated rings. The van der Waals surface area contributed by atoms with Crippen molar-refractivity contribution >= 4 is 23.2 Å². The molecule has 10 nitrogen and oxygen atoms in total. The molecule has 74 heavy (non-hydrogen) atoms. The van der Waals surface area contributed by atoms with Crippen LogP contribution in [0.4, 0.5) is 0 Å². The Kier molecular flexibility index (Phi) is 17.5. The third kappa shape index (κ3) is 14.8. The van der Waals surface area contributed by atoms with Gasteiger partial charge in [-0.3, -0.25) is 0 Å². The van der Waals surface area contributed by atoms with Crippen molar-refractivity contribution in [3.8, 4) is 89.0 Å². The number of aromatic nitrogens is 2. The van der Waals surface area contributed by atoms with Crippen LogP contribution >= 0.6 is 23.2 Å². The van der Waals surface area contributed by atoms with Gasteiger partial charge in [-0.15, -0.1) is 20.5 Å². The minimum Gasteiger partial charge on any atom is -0.222 e. The number of nitrogens with zero attached hydrogens (tertiary/aromatic N) is 2. The summed E-state index contributed by atoms with van der Waals surface area (Å²) in [6.45, 7) is 1.63. The van der Waals surface area contributed by atoms with Crippen molar-refractivity contribution in [1.82, 2.24) is 0 Å². The summed E-state index contributed by atoms with van der Waals surface area (Å²) in [5.41, 5.74) is 18.7. The first-order valence-electron chi connectivity index (χ1n) is 22.9. The molecule has 2 aromatic heterocycles. The van der Waals surface area contributed by atoms with E-state index in [1.54, 1.807) is 0 Å². The molecule has 0 N–H and O–H groups in total. The highest BCUT2D eigenvalue weighted by Gasteiger charge is 2.21. The Balaban J connectivity index is 0.000000667. The van der Waals surface area contributed by atoms with Gasteiger partial charge < -0.3 is 0 Å². The van der Waals surface area contributed by atoms with Crippen LogP contribution in [-0.4, -0.2) is 0 Å². The summed E-state index contributed by atoms with van der Waals surface area (Å²) in [5, 5.41) is 1.46. The molecule has 14 heteroatoms. The number of aryl methyl sites for hydroxylation is 2. The molecule has 0 aliphatic rings. The molecule has 10 aromatic rings. The average Bonchev–Trinajstić information content (AvgIpc) is 3.41. The third-order valence-corrected chi connectivity index (χ3v) is 12.5. The molecule has 0 aliphatic heterocycles. The molecule has 0 amide bonds. The summed E-state index contributed by atoms with van der Waals surface area (Å²) < 4.78 is 72.5. The smallest absolute Gasteiger partial charge is 0.206 e. The summed E-state index contributed by atoms with van der Waals surface area (Å²) in [6.07, 6.45) is 8.84. The van der Waals surface area contributed by atoms with Gasteiger partial charge in [0.25, 0.3) is 0 Å². The highest BCUT2D eigenvalue weighted by molar-refractivity contribution is 6.31. The first-order chi connectivity index (χ1) is 35.5. The van der Waals surface area contributed by atoms with Gasteiger partial charge in [0.1, 0.15) is 0 Å². The second kappa shape index (κ2) is 24.3. The van der Waals surface area contributed by atoms with Gasteiger partial charge in [-0.25, -0.2) is 37.3 Å². The zero-order valence-electron chi connectivity index (χ0n) is 39.2. The SMILES string of the molecule is Clc1ccc(-c2cc(-c3ccccc3)c(-c3cc[n+](CC[n+]4ccc(-c5c(-c6ccccc6)cc(-c6ccc(Cl)cc6)cc5-c5ccccc5)cc4)cc3)c(-c3ccccc3)c2)cc1.[O-][Cl+3]([O-])([O-])[O-].[O-][Cl+3]([O-])([O-])[O-]. The number of halogens is 4. The van der Waals surface area contributed by atoms with Crippen molar-refractivity contribution in [2.75, 3.05) is 0 Å². The van der Waals surface area contributed by atoms with Crippen molar-refractivity contribution in [2.24, 2.45) is 0 Å².